The Balaban J connectivity index is 2.70. The molecule has 0 heterocycles. The summed E-state index contributed by atoms with van der Waals surface area (Å²) in [5, 5.41) is 12.9. The smallest absolute Gasteiger partial charge is 0.253 e. The van der Waals surface area contributed by atoms with E-state index in [1.54, 1.807) is 0 Å². The standard InChI is InChI=1S/C12H14Cl3NO2/c1-2-3-4-10(17)12(18)16-7-5-8(13)11(15)9(14)6-7/h5-6,10,17H,2-4H2,1H3,(H,16,18). The first kappa shape index (κ1) is 15.6. The van der Waals surface area contributed by atoms with Crippen LogP contribution in [0.25, 0.3) is 0 Å². The highest BCUT2D eigenvalue weighted by Crippen LogP contribution is 2.33. The van der Waals surface area contributed by atoms with Gasteiger partial charge in [0.05, 0.1) is 15.1 Å². The van der Waals surface area contributed by atoms with Gasteiger partial charge in [0.2, 0.25) is 0 Å². The number of hydrogen-bond acceptors (Lipinski definition) is 2. The van der Waals surface area contributed by atoms with Gasteiger partial charge in [-0.2, -0.15) is 0 Å². The summed E-state index contributed by atoms with van der Waals surface area (Å²) < 4.78 is 0. The third-order valence-corrected chi connectivity index (χ3v) is 3.58. The van der Waals surface area contributed by atoms with Crippen molar-refractivity contribution in [2.75, 3.05) is 5.32 Å². The van der Waals surface area contributed by atoms with Crippen LogP contribution in [-0.2, 0) is 4.79 Å². The number of unbranched alkanes of at least 4 members (excludes halogenated alkanes) is 1. The number of halogens is 3. The molecule has 1 amide bonds. The summed E-state index contributed by atoms with van der Waals surface area (Å²) in [6.07, 6.45) is 1.11. The molecule has 0 aliphatic heterocycles. The summed E-state index contributed by atoms with van der Waals surface area (Å²) in [5.74, 6) is -0.474. The molecule has 100 valence electrons. The zero-order valence-corrected chi connectivity index (χ0v) is 12.1. The second kappa shape index (κ2) is 7.19. The Morgan fingerprint density at radius 3 is 2.39 bits per heavy atom. The number of carbonyl (C=O) groups excluding carboxylic acids is 1. The lowest BCUT2D eigenvalue weighted by Gasteiger charge is -2.12. The molecule has 1 rings (SSSR count). The molecule has 0 saturated carbocycles. The van der Waals surface area contributed by atoms with Gasteiger partial charge in [-0.05, 0) is 18.6 Å². The highest BCUT2D eigenvalue weighted by Gasteiger charge is 2.15. The van der Waals surface area contributed by atoms with Crippen LogP contribution in [0.2, 0.25) is 15.1 Å². The summed E-state index contributed by atoms with van der Waals surface area (Å²) in [5.41, 5.74) is 0.412. The molecule has 0 aliphatic carbocycles. The molecule has 2 N–H and O–H groups in total. The first-order valence-corrected chi connectivity index (χ1v) is 6.72. The molecule has 1 aromatic carbocycles. The molecule has 0 aromatic heterocycles. The number of anilines is 1. The molecular formula is C12H14Cl3NO2. The topological polar surface area (TPSA) is 49.3 Å². The van der Waals surface area contributed by atoms with Gasteiger partial charge in [-0.1, -0.05) is 54.6 Å². The first-order valence-electron chi connectivity index (χ1n) is 5.59. The van der Waals surface area contributed by atoms with Gasteiger partial charge in [-0.25, -0.2) is 0 Å². The summed E-state index contributed by atoms with van der Waals surface area (Å²) in [6.45, 7) is 1.99. The maximum atomic E-state index is 11.6. The van der Waals surface area contributed by atoms with Crippen molar-refractivity contribution in [3.05, 3.63) is 27.2 Å². The number of amides is 1. The number of nitrogens with one attached hydrogen (secondary N) is 1. The average molecular weight is 311 g/mol. The Bertz CT molecular complexity index is 414. The Morgan fingerprint density at radius 1 is 1.33 bits per heavy atom. The van der Waals surface area contributed by atoms with E-state index in [-0.39, 0.29) is 15.1 Å². The van der Waals surface area contributed by atoms with Crippen LogP contribution in [-0.4, -0.2) is 17.1 Å². The molecule has 3 nitrogen and oxygen atoms in total. The maximum Gasteiger partial charge on any atom is 0.253 e. The predicted octanol–water partition coefficient (Wildman–Crippen LogP) is 4.14. The SMILES string of the molecule is CCCCC(O)C(=O)Nc1cc(Cl)c(Cl)c(Cl)c1. The number of aliphatic hydroxyl groups is 1. The number of aliphatic hydroxyl groups excluding tert-OH is 1. The van der Waals surface area contributed by atoms with Gasteiger partial charge in [-0.3, -0.25) is 4.79 Å². The summed E-state index contributed by atoms with van der Waals surface area (Å²) in [6, 6.07) is 2.97. The second-order valence-corrected chi connectivity index (χ2v) is 5.09. The lowest BCUT2D eigenvalue weighted by atomic mass is 10.1. The van der Waals surface area contributed by atoms with Gasteiger partial charge in [0.25, 0.3) is 5.91 Å². The first-order chi connectivity index (χ1) is 8.45. The summed E-state index contributed by atoms with van der Waals surface area (Å²) in [4.78, 5) is 11.6. The quantitative estimate of drug-likeness (QED) is 0.803. The molecule has 1 aromatic rings. The largest absolute Gasteiger partial charge is 0.383 e. The number of rotatable bonds is 5. The van der Waals surface area contributed by atoms with Crippen LogP contribution in [0.15, 0.2) is 12.1 Å². The van der Waals surface area contributed by atoms with E-state index in [1.165, 1.54) is 12.1 Å². The normalized spacial score (nSPS) is 12.3. The van der Waals surface area contributed by atoms with Crippen LogP contribution < -0.4 is 5.32 Å². The highest BCUT2D eigenvalue weighted by molar-refractivity contribution is 6.48. The van der Waals surface area contributed by atoms with E-state index in [0.29, 0.717) is 12.1 Å². The van der Waals surface area contributed by atoms with Crippen LogP contribution in [0.1, 0.15) is 26.2 Å². The summed E-state index contributed by atoms with van der Waals surface area (Å²) >= 11 is 17.5. The van der Waals surface area contributed by atoms with Crippen LogP contribution in [0.3, 0.4) is 0 Å². The predicted molar refractivity (Wildman–Crippen MR) is 75.6 cm³/mol. The van der Waals surface area contributed by atoms with E-state index < -0.39 is 12.0 Å². The van der Waals surface area contributed by atoms with Gasteiger partial charge < -0.3 is 10.4 Å². The van der Waals surface area contributed by atoms with Gasteiger partial charge in [-0.15, -0.1) is 0 Å². The molecule has 6 heteroatoms. The minimum atomic E-state index is -1.03. The monoisotopic (exact) mass is 309 g/mol. The maximum absolute atomic E-state index is 11.6. The van der Waals surface area contributed by atoms with Crippen molar-refractivity contribution in [2.24, 2.45) is 0 Å². The van der Waals surface area contributed by atoms with E-state index >= 15 is 0 Å². The van der Waals surface area contributed by atoms with Crippen LogP contribution >= 0.6 is 34.8 Å². The van der Waals surface area contributed by atoms with E-state index in [1.807, 2.05) is 6.92 Å². The molecule has 0 fully saturated rings. The van der Waals surface area contributed by atoms with Gasteiger partial charge in [0.1, 0.15) is 6.10 Å². The molecule has 0 radical (unpaired) electrons. The molecule has 1 atom stereocenters. The van der Waals surface area contributed by atoms with E-state index in [2.05, 4.69) is 5.32 Å². The third kappa shape index (κ3) is 4.32. The van der Waals surface area contributed by atoms with Crippen LogP contribution in [0.4, 0.5) is 5.69 Å². The zero-order valence-electron chi connectivity index (χ0n) is 9.84. The van der Waals surface area contributed by atoms with Crippen molar-refractivity contribution < 1.29 is 9.90 Å². The van der Waals surface area contributed by atoms with E-state index in [9.17, 15) is 9.90 Å². The fourth-order valence-electron chi connectivity index (χ4n) is 1.38. The number of carbonyl (C=O) groups is 1. The van der Waals surface area contributed by atoms with Crippen LogP contribution in [0, 0.1) is 0 Å². The van der Waals surface area contributed by atoms with Crippen molar-refractivity contribution in [1.82, 2.24) is 0 Å². The Labute approximate surface area is 121 Å². The van der Waals surface area contributed by atoms with Crippen molar-refractivity contribution in [2.45, 2.75) is 32.3 Å². The highest BCUT2D eigenvalue weighted by atomic mass is 35.5. The van der Waals surface area contributed by atoms with Crippen molar-refractivity contribution >= 4 is 46.4 Å². The minimum absolute atomic E-state index is 0.239. The molecule has 0 aliphatic rings. The lowest BCUT2D eigenvalue weighted by molar-refractivity contribution is -0.124. The third-order valence-electron chi connectivity index (χ3n) is 2.39. The molecule has 18 heavy (non-hydrogen) atoms. The van der Waals surface area contributed by atoms with E-state index in [0.717, 1.165) is 12.8 Å². The Kier molecular flexibility index (Phi) is 6.22. The number of benzene rings is 1. The minimum Gasteiger partial charge on any atom is -0.383 e. The molecule has 1 unspecified atom stereocenters. The lowest BCUT2D eigenvalue weighted by Crippen LogP contribution is -2.27. The molecular weight excluding hydrogens is 296 g/mol. The zero-order chi connectivity index (χ0) is 13.7. The van der Waals surface area contributed by atoms with Crippen molar-refractivity contribution in [3.8, 4) is 0 Å². The number of hydrogen-bond donors (Lipinski definition) is 2. The summed E-state index contributed by atoms with van der Waals surface area (Å²) in [7, 11) is 0. The average Bonchev–Trinajstić information content (AvgIpc) is 2.32. The molecule has 0 spiro atoms. The van der Waals surface area contributed by atoms with Gasteiger partial charge in [0, 0.05) is 5.69 Å². The molecule has 0 saturated heterocycles. The molecule has 0 bridgehead atoms. The van der Waals surface area contributed by atoms with Crippen LogP contribution in [0.5, 0.6) is 0 Å². The Hall–Kier alpha value is -0.480. The fourth-order valence-corrected chi connectivity index (χ4v) is 1.98. The van der Waals surface area contributed by atoms with Gasteiger partial charge >= 0.3 is 0 Å². The second-order valence-electron chi connectivity index (χ2n) is 3.90. The Morgan fingerprint density at radius 2 is 1.89 bits per heavy atom. The van der Waals surface area contributed by atoms with Crippen molar-refractivity contribution in [1.29, 1.82) is 0 Å². The van der Waals surface area contributed by atoms with Gasteiger partial charge in [0.15, 0.2) is 0 Å². The van der Waals surface area contributed by atoms with E-state index in [4.69, 9.17) is 34.8 Å². The fraction of sp³-hybridized carbons (Fsp3) is 0.417. The van der Waals surface area contributed by atoms with Crippen molar-refractivity contribution in [3.63, 3.8) is 0 Å².